The quantitative estimate of drug-likeness (QED) is 0.385. The van der Waals surface area contributed by atoms with Crippen molar-refractivity contribution in [3.63, 3.8) is 0 Å². The molecule has 1 aromatic heterocycles. The maximum atomic E-state index is 12.5. The van der Waals surface area contributed by atoms with E-state index in [1.807, 2.05) is 12.1 Å². The summed E-state index contributed by atoms with van der Waals surface area (Å²) in [6, 6.07) is 12.4. The Kier molecular flexibility index (Phi) is 7.94. The Bertz CT molecular complexity index is 1170. The van der Waals surface area contributed by atoms with Crippen molar-refractivity contribution >= 4 is 40.9 Å². The first kappa shape index (κ1) is 23.9. The molecule has 0 radical (unpaired) electrons. The minimum atomic E-state index is -0.276. The molecule has 2 aromatic carbocycles. The number of rotatable bonds is 9. The summed E-state index contributed by atoms with van der Waals surface area (Å²) in [5.41, 5.74) is 1.99. The summed E-state index contributed by atoms with van der Waals surface area (Å²) in [5, 5.41) is 16.4. The number of aliphatic hydroxyl groups is 1. The highest BCUT2D eigenvalue weighted by Gasteiger charge is 2.16. The average molecular weight is 503 g/mol. The van der Waals surface area contributed by atoms with Crippen LogP contribution in [0, 0.1) is 0 Å². The third-order valence-electron chi connectivity index (χ3n) is 4.93. The monoisotopic (exact) mass is 502 g/mol. The van der Waals surface area contributed by atoms with Gasteiger partial charge in [-0.1, -0.05) is 35.5 Å². The van der Waals surface area contributed by atoms with Crippen LogP contribution >= 0.6 is 23.4 Å². The lowest BCUT2D eigenvalue weighted by Crippen LogP contribution is -2.28. The Morgan fingerprint density at radius 1 is 1.09 bits per heavy atom. The molecule has 11 heteroatoms. The van der Waals surface area contributed by atoms with Gasteiger partial charge in [0.15, 0.2) is 16.7 Å². The predicted molar refractivity (Wildman–Crippen MR) is 128 cm³/mol. The van der Waals surface area contributed by atoms with Crippen LogP contribution in [0.1, 0.15) is 11.3 Å². The number of fused-ring (bicyclic) bond motifs is 1. The van der Waals surface area contributed by atoms with Gasteiger partial charge in [0, 0.05) is 23.3 Å². The number of anilines is 1. The lowest BCUT2D eigenvalue weighted by molar-refractivity contribution is -0.122. The van der Waals surface area contributed by atoms with Gasteiger partial charge >= 0.3 is 0 Å². The summed E-state index contributed by atoms with van der Waals surface area (Å²) >= 11 is 7.06. The van der Waals surface area contributed by atoms with Gasteiger partial charge in [0.2, 0.25) is 11.8 Å². The lowest BCUT2D eigenvalue weighted by atomic mass is 10.2. The second-order valence-electron chi connectivity index (χ2n) is 7.37. The van der Waals surface area contributed by atoms with Gasteiger partial charge in [0.05, 0.1) is 24.3 Å². The number of ether oxygens (including phenoxy) is 2. The Balaban J connectivity index is 1.32. The molecule has 2 heterocycles. The van der Waals surface area contributed by atoms with Gasteiger partial charge in [-0.2, -0.15) is 0 Å². The normalized spacial score (nSPS) is 12.3. The van der Waals surface area contributed by atoms with E-state index >= 15 is 0 Å². The van der Waals surface area contributed by atoms with Gasteiger partial charge in [0.25, 0.3) is 0 Å². The summed E-state index contributed by atoms with van der Waals surface area (Å²) < 4.78 is 12.6. The first-order valence-electron chi connectivity index (χ1n) is 10.5. The molecule has 1 aliphatic heterocycles. The highest BCUT2D eigenvalue weighted by Crippen LogP contribution is 2.32. The second-order valence-corrected chi connectivity index (χ2v) is 8.75. The summed E-state index contributed by atoms with van der Waals surface area (Å²) in [5.74, 6) is 0.818. The van der Waals surface area contributed by atoms with Crippen molar-refractivity contribution in [3.05, 3.63) is 64.9 Å². The molecule has 0 fully saturated rings. The summed E-state index contributed by atoms with van der Waals surface area (Å²) in [6.45, 7) is 0.997. The van der Waals surface area contributed by atoms with Crippen LogP contribution in [0.25, 0.3) is 0 Å². The summed E-state index contributed by atoms with van der Waals surface area (Å²) in [4.78, 5) is 29.2. The number of amides is 2. The largest absolute Gasteiger partial charge is 0.486 e. The molecule has 0 unspecified atom stereocenters. The number of aromatic nitrogens is 2. The van der Waals surface area contributed by atoms with Gasteiger partial charge in [-0.15, -0.1) is 0 Å². The molecule has 3 N–H and O–H groups in total. The van der Waals surface area contributed by atoms with E-state index in [0.717, 1.165) is 5.56 Å². The average Bonchev–Trinajstić information content (AvgIpc) is 3.23. The second kappa shape index (κ2) is 11.3. The zero-order chi connectivity index (χ0) is 23.9. The van der Waals surface area contributed by atoms with E-state index in [0.29, 0.717) is 52.8 Å². The first-order chi connectivity index (χ1) is 16.5. The standard InChI is InChI=1S/C23H23ClN4O5S/c24-16-3-1-15(2-4-16)10-25-21(30)12-28-18(13-29)11-26-23(28)34-14-22(31)27-17-5-6-19-20(9-17)33-8-7-32-19/h1-6,9,11,29H,7-8,10,12-14H2,(H,25,30)(H,27,31). The van der Waals surface area contributed by atoms with Crippen LogP contribution in [-0.2, 0) is 29.3 Å². The van der Waals surface area contributed by atoms with E-state index in [-0.39, 0.29) is 30.7 Å². The van der Waals surface area contributed by atoms with E-state index in [1.165, 1.54) is 18.0 Å². The molecule has 1 aliphatic rings. The molecule has 178 valence electrons. The fraction of sp³-hybridized carbons (Fsp3) is 0.261. The maximum absolute atomic E-state index is 12.5. The van der Waals surface area contributed by atoms with Gasteiger partial charge in [-0.3, -0.25) is 9.59 Å². The Morgan fingerprint density at radius 3 is 2.62 bits per heavy atom. The Morgan fingerprint density at radius 2 is 1.85 bits per heavy atom. The molecule has 2 amide bonds. The molecule has 0 atom stereocenters. The van der Waals surface area contributed by atoms with Crippen molar-refractivity contribution in [2.75, 3.05) is 24.3 Å². The van der Waals surface area contributed by atoms with Gasteiger partial charge < -0.3 is 29.8 Å². The fourth-order valence-corrected chi connectivity index (χ4v) is 4.18. The Labute approximate surface area is 205 Å². The number of hydrogen-bond donors (Lipinski definition) is 3. The van der Waals surface area contributed by atoms with Crippen molar-refractivity contribution in [1.29, 1.82) is 0 Å². The molecule has 0 aliphatic carbocycles. The van der Waals surface area contributed by atoms with Crippen LogP contribution in [0.2, 0.25) is 5.02 Å². The molecule has 0 spiro atoms. The van der Waals surface area contributed by atoms with Crippen molar-refractivity contribution in [2.24, 2.45) is 0 Å². The number of aliphatic hydroxyl groups excluding tert-OH is 1. The van der Waals surface area contributed by atoms with E-state index in [9.17, 15) is 14.7 Å². The van der Waals surface area contributed by atoms with Crippen LogP contribution in [-0.4, -0.2) is 45.4 Å². The lowest BCUT2D eigenvalue weighted by Gasteiger charge is -2.19. The van der Waals surface area contributed by atoms with Gasteiger partial charge in [-0.05, 0) is 29.8 Å². The van der Waals surface area contributed by atoms with Gasteiger partial charge in [-0.25, -0.2) is 4.98 Å². The van der Waals surface area contributed by atoms with Crippen molar-refractivity contribution in [3.8, 4) is 11.5 Å². The number of thioether (sulfide) groups is 1. The van der Waals surface area contributed by atoms with Crippen LogP contribution in [0.15, 0.2) is 53.8 Å². The SMILES string of the molecule is O=C(Cn1c(CO)cnc1SCC(=O)Nc1ccc2c(c1)OCCO2)NCc1ccc(Cl)cc1. The zero-order valence-electron chi connectivity index (χ0n) is 18.1. The predicted octanol–water partition coefficient (Wildman–Crippen LogP) is 2.85. The van der Waals surface area contributed by atoms with Crippen LogP contribution in [0.5, 0.6) is 11.5 Å². The fourth-order valence-electron chi connectivity index (χ4n) is 3.25. The highest BCUT2D eigenvalue weighted by atomic mass is 35.5. The molecular formula is C23H23ClN4O5S. The molecule has 3 aromatic rings. The summed E-state index contributed by atoms with van der Waals surface area (Å²) in [7, 11) is 0. The summed E-state index contributed by atoms with van der Waals surface area (Å²) in [6.07, 6.45) is 1.49. The van der Waals surface area contributed by atoms with Crippen molar-refractivity contribution in [2.45, 2.75) is 24.9 Å². The number of hydrogen-bond acceptors (Lipinski definition) is 7. The molecule has 0 saturated heterocycles. The minimum Gasteiger partial charge on any atom is -0.486 e. The molecule has 0 saturated carbocycles. The third-order valence-corrected chi connectivity index (χ3v) is 6.17. The molecule has 9 nitrogen and oxygen atoms in total. The number of carbonyl (C=O) groups excluding carboxylic acids is 2. The Hall–Kier alpha value is -3.21. The highest BCUT2D eigenvalue weighted by molar-refractivity contribution is 7.99. The maximum Gasteiger partial charge on any atom is 0.240 e. The molecular weight excluding hydrogens is 480 g/mol. The number of nitrogens with zero attached hydrogens (tertiary/aromatic N) is 2. The third kappa shape index (κ3) is 6.22. The van der Waals surface area contributed by atoms with Crippen LogP contribution in [0.3, 0.4) is 0 Å². The van der Waals surface area contributed by atoms with E-state index in [2.05, 4.69) is 15.6 Å². The number of nitrogens with one attached hydrogen (secondary N) is 2. The minimum absolute atomic E-state index is 0.0321. The smallest absolute Gasteiger partial charge is 0.240 e. The number of carbonyl (C=O) groups is 2. The topological polar surface area (TPSA) is 115 Å². The van der Waals surface area contributed by atoms with E-state index in [1.54, 1.807) is 34.9 Å². The first-order valence-corrected chi connectivity index (χ1v) is 11.9. The van der Waals surface area contributed by atoms with Crippen LogP contribution < -0.4 is 20.1 Å². The number of benzene rings is 2. The van der Waals surface area contributed by atoms with Crippen molar-refractivity contribution < 1.29 is 24.2 Å². The molecule has 34 heavy (non-hydrogen) atoms. The molecule has 0 bridgehead atoms. The van der Waals surface area contributed by atoms with Gasteiger partial charge in [0.1, 0.15) is 19.8 Å². The number of imidazole rings is 1. The molecule has 4 rings (SSSR count). The van der Waals surface area contributed by atoms with E-state index in [4.69, 9.17) is 21.1 Å². The zero-order valence-corrected chi connectivity index (χ0v) is 19.7. The van der Waals surface area contributed by atoms with Crippen molar-refractivity contribution in [1.82, 2.24) is 14.9 Å². The van der Waals surface area contributed by atoms with E-state index < -0.39 is 0 Å². The number of halogens is 1. The van der Waals surface area contributed by atoms with Crippen LogP contribution in [0.4, 0.5) is 5.69 Å².